The lowest BCUT2D eigenvalue weighted by Gasteiger charge is -2.01. The van der Waals surface area contributed by atoms with Gasteiger partial charge in [-0.3, -0.25) is 4.79 Å². The predicted molar refractivity (Wildman–Crippen MR) is 46.7 cm³/mol. The number of halogens is 1. The second-order valence-electron chi connectivity index (χ2n) is 2.63. The van der Waals surface area contributed by atoms with Crippen molar-refractivity contribution in [2.45, 2.75) is 13.8 Å². The van der Waals surface area contributed by atoms with Crippen LogP contribution >= 0.6 is 15.9 Å². The minimum Gasteiger partial charge on any atom is -0.292 e. The first-order valence-electron chi connectivity index (χ1n) is 3.50. The molecule has 0 saturated heterocycles. The molecule has 0 radical (unpaired) electrons. The Balaban J connectivity index is 2.96. The van der Waals surface area contributed by atoms with Crippen molar-refractivity contribution in [3.05, 3.63) is 16.6 Å². The standard InChI is InChI=1S/C7H8BrN3O/c1-4(2)6(12)5-3-9-11-7(8)10-5/h3-4H,1-2H3. The highest BCUT2D eigenvalue weighted by Gasteiger charge is 2.12. The number of Topliss-reactive ketones (excluding diaryl/α,β-unsaturated/α-hetero) is 1. The van der Waals surface area contributed by atoms with E-state index in [1.807, 2.05) is 13.8 Å². The Morgan fingerprint density at radius 2 is 2.25 bits per heavy atom. The third-order valence-electron chi connectivity index (χ3n) is 1.31. The Morgan fingerprint density at radius 1 is 1.58 bits per heavy atom. The van der Waals surface area contributed by atoms with E-state index in [-0.39, 0.29) is 11.7 Å². The average molecular weight is 230 g/mol. The molecule has 0 aliphatic carbocycles. The highest BCUT2D eigenvalue weighted by Crippen LogP contribution is 2.06. The minimum atomic E-state index is -0.0615. The zero-order valence-electron chi connectivity index (χ0n) is 6.78. The van der Waals surface area contributed by atoms with Crippen LogP contribution in [-0.2, 0) is 0 Å². The van der Waals surface area contributed by atoms with Gasteiger partial charge in [-0.1, -0.05) is 13.8 Å². The average Bonchev–Trinajstić information content (AvgIpc) is 2.03. The van der Waals surface area contributed by atoms with Crippen molar-refractivity contribution in [3.63, 3.8) is 0 Å². The maximum Gasteiger partial charge on any atom is 0.218 e. The molecule has 1 rings (SSSR count). The summed E-state index contributed by atoms with van der Waals surface area (Å²) in [5.74, 6) is -0.0841. The van der Waals surface area contributed by atoms with E-state index in [2.05, 4.69) is 31.1 Å². The van der Waals surface area contributed by atoms with Gasteiger partial charge in [0.15, 0.2) is 5.78 Å². The summed E-state index contributed by atoms with van der Waals surface area (Å²) in [4.78, 5) is 15.2. The normalized spacial score (nSPS) is 10.3. The van der Waals surface area contributed by atoms with Gasteiger partial charge < -0.3 is 0 Å². The van der Waals surface area contributed by atoms with Crippen LogP contribution in [0.1, 0.15) is 24.3 Å². The van der Waals surface area contributed by atoms with Crippen molar-refractivity contribution in [1.82, 2.24) is 15.2 Å². The quantitative estimate of drug-likeness (QED) is 0.722. The highest BCUT2D eigenvalue weighted by molar-refractivity contribution is 9.10. The Hall–Kier alpha value is -0.840. The lowest BCUT2D eigenvalue weighted by Crippen LogP contribution is -2.10. The van der Waals surface area contributed by atoms with Gasteiger partial charge in [0.25, 0.3) is 0 Å². The molecule has 0 amide bonds. The molecule has 1 aromatic rings. The van der Waals surface area contributed by atoms with Crippen molar-refractivity contribution < 1.29 is 4.79 Å². The second-order valence-corrected chi connectivity index (χ2v) is 3.34. The molecule has 64 valence electrons. The summed E-state index contributed by atoms with van der Waals surface area (Å²) in [5.41, 5.74) is 0.354. The number of ketones is 1. The highest BCUT2D eigenvalue weighted by atomic mass is 79.9. The Bertz CT molecular complexity index is 300. The van der Waals surface area contributed by atoms with E-state index in [0.29, 0.717) is 10.4 Å². The third kappa shape index (κ3) is 2.07. The van der Waals surface area contributed by atoms with Crippen LogP contribution in [0.4, 0.5) is 0 Å². The van der Waals surface area contributed by atoms with Crippen molar-refractivity contribution in [3.8, 4) is 0 Å². The van der Waals surface area contributed by atoms with E-state index in [1.54, 1.807) is 0 Å². The van der Waals surface area contributed by atoms with Crippen LogP contribution in [0, 0.1) is 5.92 Å². The van der Waals surface area contributed by atoms with Crippen LogP contribution in [0.3, 0.4) is 0 Å². The van der Waals surface area contributed by atoms with E-state index < -0.39 is 0 Å². The maximum absolute atomic E-state index is 11.3. The SMILES string of the molecule is CC(C)C(=O)c1cnnc(Br)n1. The van der Waals surface area contributed by atoms with Gasteiger partial charge >= 0.3 is 0 Å². The lowest BCUT2D eigenvalue weighted by atomic mass is 10.1. The molecule has 0 spiro atoms. The number of carbonyl (C=O) groups excluding carboxylic acids is 1. The van der Waals surface area contributed by atoms with Gasteiger partial charge in [0.1, 0.15) is 5.69 Å². The molecule has 1 heterocycles. The fourth-order valence-corrected chi connectivity index (χ4v) is 0.979. The van der Waals surface area contributed by atoms with E-state index >= 15 is 0 Å². The van der Waals surface area contributed by atoms with Gasteiger partial charge in [-0.2, -0.15) is 5.10 Å². The fraction of sp³-hybridized carbons (Fsp3) is 0.429. The third-order valence-corrected chi connectivity index (χ3v) is 1.65. The molecule has 5 heteroatoms. The Morgan fingerprint density at radius 3 is 2.75 bits per heavy atom. The summed E-state index contributed by atoms with van der Waals surface area (Å²) in [6, 6.07) is 0. The fourth-order valence-electron chi connectivity index (χ4n) is 0.696. The van der Waals surface area contributed by atoms with Crippen LogP contribution in [0.5, 0.6) is 0 Å². The van der Waals surface area contributed by atoms with Gasteiger partial charge in [0.2, 0.25) is 4.73 Å². The monoisotopic (exact) mass is 229 g/mol. The van der Waals surface area contributed by atoms with Crippen LogP contribution in [0.15, 0.2) is 10.9 Å². The molecule has 0 N–H and O–H groups in total. The van der Waals surface area contributed by atoms with Crippen LogP contribution in [0.25, 0.3) is 0 Å². The predicted octanol–water partition coefficient (Wildman–Crippen LogP) is 1.47. The summed E-state index contributed by atoms with van der Waals surface area (Å²) in [5, 5.41) is 7.19. The second kappa shape index (κ2) is 3.71. The first-order chi connectivity index (χ1) is 5.61. The molecular formula is C7H8BrN3O. The topological polar surface area (TPSA) is 55.7 Å². The van der Waals surface area contributed by atoms with Crippen molar-refractivity contribution in [1.29, 1.82) is 0 Å². The van der Waals surface area contributed by atoms with Gasteiger partial charge in [-0.25, -0.2) is 4.98 Å². The summed E-state index contributed by atoms with van der Waals surface area (Å²) < 4.78 is 0.342. The molecule has 0 saturated carbocycles. The summed E-state index contributed by atoms with van der Waals surface area (Å²) in [6.07, 6.45) is 1.37. The number of carbonyl (C=O) groups is 1. The molecule has 0 unspecified atom stereocenters. The molecule has 0 bridgehead atoms. The molecular weight excluding hydrogens is 222 g/mol. The zero-order chi connectivity index (χ0) is 9.14. The van der Waals surface area contributed by atoms with Crippen molar-refractivity contribution in [2.75, 3.05) is 0 Å². The van der Waals surface area contributed by atoms with Crippen LogP contribution in [0.2, 0.25) is 0 Å². The first kappa shape index (κ1) is 9.25. The maximum atomic E-state index is 11.3. The van der Waals surface area contributed by atoms with Gasteiger partial charge in [-0.15, -0.1) is 5.10 Å². The van der Waals surface area contributed by atoms with E-state index in [4.69, 9.17) is 0 Å². The number of hydrogen-bond donors (Lipinski definition) is 0. The number of nitrogens with zero attached hydrogens (tertiary/aromatic N) is 3. The molecule has 12 heavy (non-hydrogen) atoms. The number of rotatable bonds is 2. The first-order valence-corrected chi connectivity index (χ1v) is 4.30. The Kier molecular flexibility index (Phi) is 2.86. The van der Waals surface area contributed by atoms with Gasteiger partial charge in [-0.05, 0) is 15.9 Å². The molecule has 0 aromatic carbocycles. The molecule has 0 aliphatic heterocycles. The summed E-state index contributed by atoms with van der Waals surface area (Å²) >= 11 is 3.04. The Labute approximate surface area is 78.5 Å². The number of aromatic nitrogens is 3. The van der Waals surface area contributed by atoms with Crippen molar-refractivity contribution in [2.24, 2.45) is 5.92 Å². The number of hydrogen-bond acceptors (Lipinski definition) is 4. The molecule has 0 fully saturated rings. The van der Waals surface area contributed by atoms with Gasteiger partial charge in [0, 0.05) is 5.92 Å². The minimum absolute atomic E-state index is 0.0226. The van der Waals surface area contributed by atoms with E-state index in [1.165, 1.54) is 6.20 Å². The zero-order valence-corrected chi connectivity index (χ0v) is 8.37. The molecule has 0 aliphatic rings. The largest absolute Gasteiger partial charge is 0.292 e. The lowest BCUT2D eigenvalue weighted by molar-refractivity contribution is 0.0933. The molecule has 1 aromatic heterocycles. The van der Waals surface area contributed by atoms with Gasteiger partial charge in [0.05, 0.1) is 6.20 Å². The summed E-state index contributed by atoms with van der Waals surface area (Å²) in [6.45, 7) is 3.64. The van der Waals surface area contributed by atoms with E-state index in [0.717, 1.165) is 0 Å². The van der Waals surface area contributed by atoms with E-state index in [9.17, 15) is 4.79 Å². The van der Waals surface area contributed by atoms with Crippen LogP contribution < -0.4 is 0 Å². The molecule has 4 nitrogen and oxygen atoms in total. The molecule has 0 atom stereocenters. The van der Waals surface area contributed by atoms with Crippen molar-refractivity contribution >= 4 is 21.7 Å². The smallest absolute Gasteiger partial charge is 0.218 e. The summed E-state index contributed by atoms with van der Waals surface area (Å²) in [7, 11) is 0. The van der Waals surface area contributed by atoms with Crippen LogP contribution in [-0.4, -0.2) is 21.0 Å².